The minimum atomic E-state index is -0.317. The van der Waals surface area contributed by atoms with Crippen molar-refractivity contribution in [3.05, 3.63) is 100 Å². The number of carbonyl (C=O) groups is 1. The van der Waals surface area contributed by atoms with Crippen molar-refractivity contribution in [1.82, 2.24) is 9.99 Å². The van der Waals surface area contributed by atoms with Crippen LogP contribution in [0.25, 0.3) is 10.9 Å². The molecule has 0 aliphatic carbocycles. The number of rotatable bonds is 7. The Morgan fingerprint density at radius 3 is 2.71 bits per heavy atom. The van der Waals surface area contributed by atoms with Crippen molar-refractivity contribution in [3.63, 3.8) is 0 Å². The molecule has 0 aliphatic rings. The number of halogens is 1. The molecule has 31 heavy (non-hydrogen) atoms. The van der Waals surface area contributed by atoms with E-state index in [4.69, 9.17) is 4.74 Å². The Morgan fingerprint density at radius 2 is 1.90 bits per heavy atom. The summed E-state index contributed by atoms with van der Waals surface area (Å²) in [5.41, 5.74) is 7.07. The fraction of sp³-hybridized carbons (Fsp3) is 0.120. The van der Waals surface area contributed by atoms with Crippen LogP contribution in [0.2, 0.25) is 0 Å². The van der Waals surface area contributed by atoms with Crippen LogP contribution in [0.5, 0.6) is 5.75 Å². The van der Waals surface area contributed by atoms with Crippen molar-refractivity contribution in [2.24, 2.45) is 5.10 Å². The van der Waals surface area contributed by atoms with Crippen LogP contribution < -0.4 is 10.2 Å². The van der Waals surface area contributed by atoms with Crippen LogP contribution in [0, 0.1) is 6.92 Å². The van der Waals surface area contributed by atoms with E-state index in [0.29, 0.717) is 5.75 Å². The fourth-order valence-corrected chi connectivity index (χ4v) is 3.67. The van der Waals surface area contributed by atoms with E-state index in [1.807, 2.05) is 24.3 Å². The molecule has 4 aromatic rings. The normalized spacial score (nSPS) is 11.2. The lowest BCUT2D eigenvalue weighted by Gasteiger charge is -2.06. The first-order valence-electron chi connectivity index (χ1n) is 9.92. The molecule has 0 spiro atoms. The van der Waals surface area contributed by atoms with E-state index in [0.717, 1.165) is 27.5 Å². The summed E-state index contributed by atoms with van der Waals surface area (Å²) in [5, 5.41) is 5.21. The number of ether oxygens (including phenoxy) is 1. The maximum atomic E-state index is 12.1. The van der Waals surface area contributed by atoms with Crippen LogP contribution in [0.1, 0.15) is 16.7 Å². The molecule has 0 fully saturated rings. The van der Waals surface area contributed by atoms with E-state index in [-0.39, 0.29) is 12.5 Å². The van der Waals surface area contributed by atoms with Crippen molar-refractivity contribution in [2.75, 3.05) is 6.61 Å². The summed E-state index contributed by atoms with van der Waals surface area (Å²) in [5.74, 6) is 0.309. The molecule has 1 amide bonds. The number of carbonyl (C=O) groups excluding carboxylic acids is 1. The number of aromatic nitrogens is 1. The maximum Gasteiger partial charge on any atom is 0.277 e. The van der Waals surface area contributed by atoms with Gasteiger partial charge >= 0.3 is 0 Å². The number of hydrazone groups is 1. The van der Waals surface area contributed by atoms with Gasteiger partial charge < -0.3 is 9.30 Å². The summed E-state index contributed by atoms with van der Waals surface area (Å²) < 4.78 is 8.62. The Morgan fingerprint density at radius 1 is 1.10 bits per heavy atom. The number of nitrogens with zero attached hydrogens (tertiary/aromatic N) is 2. The van der Waals surface area contributed by atoms with Crippen LogP contribution in [0.3, 0.4) is 0 Å². The lowest BCUT2D eigenvalue weighted by molar-refractivity contribution is -0.123. The minimum Gasteiger partial charge on any atom is -0.484 e. The number of aryl methyl sites for hydroxylation is 1. The Kier molecular flexibility index (Phi) is 6.48. The second-order valence-corrected chi connectivity index (χ2v) is 8.17. The summed E-state index contributed by atoms with van der Waals surface area (Å²) in [6.07, 6.45) is 3.73. The third-order valence-electron chi connectivity index (χ3n) is 4.83. The Labute approximate surface area is 189 Å². The highest BCUT2D eigenvalue weighted by atomic mass is 79.9. The zero-order chi connectivity index (χ0) is 21.6. The molecule has 0 saturated heterocycles. The topological polar surface area (TPSA) is 55.6 Å². The summed E-state index contributed by atoms with van der Waals surface area (Å²) in [7, 11) is 0. The number of hydrogen-bond acceptors (Lipinski definition) is 3. The third-order valence-corrected chi connectivity index (χ3v) is 5.36. The monoisotopic (exact) mass is 475 g/mol. The first kappa shape index (κ1) is 20.9. The number of amides is 1. The number of benzene rings is 3. The van der Waals surface area contributed by atoms with Gasteiger partial charge in [0.15, 0.2) is 6.61 Å². The van der Waals surface area contributed by atoms with Crippen molar-refractivity contribution >= 4 is 39.0 Å². The van der Waals surface area contributed by atoms with Gasteiger partial charge in [0.05, 0.1) is 6.21 Å². The summed E-state index contributed by atoms with van der Waals surface area (Å²) in [6.45, 7) is 2.76. The fourth-order valence-electron chi connectivity index (χ4n) is 3.40. The molecule has 0 unspecified atom stereocenters. The first-order chi connectivity index (χ1) is 15.1. The molecule has 0 aliphatic heterocycles. The van der Waals surface area contributed by atoms with Gasteiger partial charge in [0, 0.05) is 33.7 Å². The number of fused-ring (bicyclic) bond motifs is 1. The molecule has 0 atom stereocenters. The largest absolute Gasteiger partial charge is 0.484 e. The van der Waals surface area contributed by atoms with Gasteiger partial charge in [0.25, 0.3) is 5.91 Å². The maximum absolute atomic E-state index is 12.1. The Hall–Kier alpha value is -3.38. The summed E-state index contributed by atoms with van der Waals surface area (Å²) >= 11 is 3.37. The van der Waals surface area contributed by atoms with Crippen molar-refractivity contribution in [2.45, 2.75) is 13.5 Å². The van der Waals surface area contributed by atoms with Gasteiger partial charge in [-0.15, -0.1) is 0 Å². The number of nitrogens with one attached hydrogen (secondary N) is 1. The van der Waals surface area contributed by atoms with Crippen LogP contribution in [-0.2, 0) is 11.3 Å². The average Bonchev–Trinajstić information content (AvgIpc) is 3.11. The van der Waals surface area contributed by atoms with Crippen LogP contribution in [0.15, 0.2) is 88.6 Å². The highest BCUT2D eigenvalue weighted by molar-refractivity contribution is 9.10. The van der Waals surface area contributed by atoms with Gasteiger partial charge in [-0.05, 0) is 42.8 Å². The Bertz CT molecular complexity index is 1230. The molecule has 0 radical (unpaired) electrons. The van der Waals surface area contributed by atoms with E-state index in [1.54, 1.807) is 18.3 Å². The van der Waals surface area contributed by atoms with E-state index in [9.17, 15) is 4.79 Å². The lowest BCUT2D eigenvalue weighted by atomic mass is 10.1. The molecule has 1 heterocycles. The van der Waals surface area contributed by atoms with Crippen LogP contribution >= 0.6 is 15.9 Å². The van der Waals surface area contributed by atoms with E-state index >= 15 is 0 Å². The van der Waals surface area contributed by atoms with Crippen molar-refractivity contribution < 1.29 is 9.53 Å². The van der Waals surface area contributed by atoms with Gasteiger partial charge in [-0.3, -0.25) is 4.79 Å². The molecule has 3 aromatic carbocycles. The Balaban J connectivity index is 1.43. The molecule has 1 aromatic heterocycles. The quantitative estimate of drug-likeness (QED) is 0.291. The second-order valence-electron chi connectivity index (χ2n) is 7.25. The molecule has 156 valence electrons. The highest BCUT2D eigenvalue weighted by Crippen LogP contribution is 2.21. The number of para-hydroxylation sites is 1. The molecule has 0 bridgehead atoms. The molecular formula is C25H22BrN3O2. The predicted molar refractivity (Wildman–Crippen MR) is 128 cm³/mol. The smallest absolute Gasteiger partial charge is 0.277 e. The minimum absolute atomic E-state index is 0.103. The zero-order valence-electron chi connectivity index (χ0n) is 17.1. The standard InChI is InChI=1S/C25H22BrN3O2/c1-18-5-4-6-19(13-18)15-29-16-20(23-7-2-3-8-24(23)29)14-27-28-25(30)17-31-22-11-9-21(26)10-12-22/h2-14,16H,15,17H2,1H3,(H,28,30)/b27-14-. The molecule has 1 N–H and O–H groups in total. The second kappa shape index (κ2) is 9.62. The van der Waals surface area contributed by atoms with Gasteiger partial charge in [-0.25, -0.2) is 5.43 Å². The van der Waals surface area contributed by atoms with Crippen LogP contribution in [0.4, 0.5) is 0 Å². The van der Waals surface area contributed by atoms with Crippen LogP contribution in [-0.4, -0.2) is 23.3 Å². The first-order valence-corrected chi connectivity index (χ1v) is 10.7. The lowest BCUT2D eigenvalue weighted by Crippen LogP contribution is -2.24. The van der Waals surface area contributed by atoms with Gasteiger partial charge in [-0.2, -0.15) is 5.10 Å². The van der Waals surface area contributed by atoms with Gasteiger partial charge in [-0.1, -0.05) is 64.0 Å². The van der Waals surface area contributed by atoms with Gasteiger partial charge in [0.2, 0.25) is 0 Å². The molecular weight excluding hydrogens is 454 g/mol. The third kappa shape index (κ3) is 5.41. The highest BCUT2D eigenvalue weighted by Gasteiger charge is 2.08. The van der Waals surface area contributed by atoms with Crippen molar-refractivity contribution in [1.29, 1.82) is 0 Å². The van der Waals surface area contributed by atoms with Gasteiger partial charge in [0.1, 0.15) is 5.75 Å². The molecule has 0 saturated carbocycles. The summed E-state index contributed by atoms with van der Waals surface area (Å²) in [6, 6.07) is 24.0. The van der Waals surface area contributed by atoms with E-state index in [1.165, 1.54) is 11.1 Å². The van der Waals surface area contributed by atoms with Crippen molar-refractivity contribution in [3.8, 4) is 5.75 Å². The zero-order valence-corrected chi connectivity index (χ0v) is 18.7. The average molecular weight is 476 g/mol. The van der Waals surface area contributed by atoms with E-state index < -0.39 is 0 Å². The molecule has 4 rings (SSSR count). The predicted octanol–water partition coefficient (Wildman–Crippen LogP) is 5.29. The summed E-state index contributed by atoms with van der Waals surface area (Å²) in [4.78, 5) is 12.1. The SMILES string of the molecule is Cc1cccc(Cn2cc(/C=N\NC(=O)COc3ccc(Br)cc3)c3ccccc32)c1. The van der Waals surface area contributed by atoms with E-state index in [2.05, 4.69) is 80.5 Å². The number of hydrogen-bond donors (Lipinski definition) is 1. The molecule has 5 nitrogen and oxygen atoms in total. The molecule has 6 heteroatoms.